The van der Waals surface area contributed by atoms with Crippen molar-refractivity contribution in [1.82, 2.24) is 10.1 Å². The number of hydrogen-bond donors (Lipinski definition) is 1. The molecule has 0 saturated carbocycles. The first-order chi connectivity index (χ1) is 12.0. The Morgan fingerprint density at radius 2 is 2.08 bits per heavy atom. The first-order valence-corrected chi connectivity index (χ1v) is 7.66. The van der Waals surface area contributed by atoms with Crippen molar-refractivity contribution in [2.75, 3.05) is 18.9 Å². The second kappa shape index (κ2) is 7.04. The van der Waals surface area contributed by atoms with Crippen molar-refractivity contribution in [3.8, 4) is 0 Å². The van der Waals surface area contributed by atoms with Crippen molar-refractivity contribution in [3.63, 3.8) is 0 Å². The largest absolute Gasteiger partial charge is 0.457 e. The number of furan rings is 1. The number of anilines is 1. The third-order valence-corrected chi connectivity index (χ3v) is 3.49. The molecular formula is C18H17N3O4. The Morgan fingerprint density at radius 1 is 1.28 bits per heavy atom. The number of para-hydroxylation sites is 1. The molecule has 3 rings (SSSR count). The van der Waals surface area contributed by atoms with Crippen LogP contribution in [0.15, 0.2) is 51.4 Å². The summed E-state index contributed by atoms with van der Waals surface area (Å²) in [6.45, 7) is 1.62. The predicted octanol–water partition coefficient (Wildman–Crippen LogP) is 2.84. The summed E-state index contributed by atoms with van der Waals surface area (Å²) >= 11 is 0. The molecule has 7 heteroatoms. The summed E-state index contributed by atoms with van der Waals surface area (Å²) in [7, 11) is 1.54. The Bertz CT molecular complexity index is 906. The molecule has 0 aliphatic rings. The molecule has 128 valence electrons. The van der Waals surface area contributed by atoms with E-state index in [1.165, 1.54) is 11.0 Å². The second-order valence-corrected chi connectivity index (χ2v) is 5.59. The molecule has 0 fully saturated rings. The van der Waals surface area contributed by atoms with Gasteiger partial charge >= 0.3 is 0 Å². The summed E-state index contributed by atoms with van der Waals surface area (Å²) in [5, 5.41) is 7.19. The van der Waals surface area contributed by atoms with Gasteiger partial charge in [-0.25, -0.2) is 0 Å². The van der Waals surface area contributed by atoms with Crippen LogP contribution in [0.1, 0.15) is 11.5 Å². The predicted molar refractivity (Wildman–Crippen MR) is 92.8 cm³/mol. The van der Waals surface area contributed by atoms with Crippen LogP contribution in [0.5, 0.6) is 0 Å². The number of benzene rings is 1. The first kappa shape index (κ1) is 16.5. The molecule has 1 N–H and O–H groups in total. The van der Waals surface area contributed by atoms with E-state index in [1.807, 2.05) is 30.3 Å². The number of amides is 2. The molecule has 0 aliphatic carbocycles. The monoisotopic (exact) mass is 339 g/mol. The Kier molecular flexibility index (Phi) is 4.65. The van der Waals surface area contributed by atoms with Crippen molar-refractivity contribution in [3.05, 3.63) is 54.0 Å². The van der Waals surface area contributed by atoms with Crippen LogP contribution >= 0.6 is 0 Å². The third kappa shape index (κ3) is 4.14. The molecule has 0 atom stereocenters. The second-order valence-electron chi connectivity index (χ2n) is 5.59. The van der Waals surface area contributed by atoms with E-state index in [2.05, 4.69) is 10.5 Å². The van der Waals surface area contributed by atoms with Crippen LogP contribution in [0.2, 0.25) is 0 Å². The number of hydrogen-bond acceptors (Lipinski definition) is 5. The van der Waals surface area contributed by atoms with E-state index in [0.717, 1.165) is 11.0 Å². The molecule has 0 spiro atoms. The minimum Gasteiger partial charge on any atom is -0.457 e. The fourth-order valence-electron chi connectivity index (χ4n) is 2.27. The summed E-state index contributed by atoms with van der Waals surface area (Å²) in [5.74, 6) is 0.813. The number of likely N-dealkylation sites (N-methyl/N-ethyl adjacent to an activating group) is 1. The zero-order valence-corrected chi connectivity index (χ0v) is 13.9. The lowest BCUT2D eigenvalue weighted by atomic mass is 10.2. The summed E-state index contributed by atoms with van der Waals surface area (Å²) in [5.41, 5.74) is 0.755. The van der Waals surface area contributed by atoms with Gasteiger partial charge in [-0.15, -0.1) is 0 Å². The average molecular weight is 339 g/mol. The highest BCUT2D eigenvalue weighted by Gasteiger charge is 2.12. The molecule has 0 unspecified atom stereocenters. The SMILES string of the molecule is Cc1cc(NC(=O)CN(C)C(=O)/C=C/c2cc3ccccc3o2)no1. The van der Waals surface area contributed by atoms with Gasteiger partial charge in [0.1, 0.15) is 17.1 Å². The summed E-state index contributed by atoms with van der Waals surface area (Å²) in [4.78, 5) is 25.3. The van der Waals surface area contributed by atoms with Gasteiger partial charge in [0.15, 0.2) is 5.82 Å². The highest BCUT2D eigenvalue weighted by molar-refractivity contribution is 5.97. The summed E-state index contributed by atoms with van der Waals surface area (Å²) in [6, 6.07) is 11.0. The van der Waals surface area contributed by atoms with Crippen LogP contribution in [-0.4, -0.2) is 35.5 Å². The summed E-state index contributed by atoms with van der Waals surface area (Å²) < 4.78 is 10.5. The molecule has 1 aromatic carbocycles. The van der Waals surface area contributed by atoms with Crippen LogP contribution in [0, 0.1) is 6.92 Å². The van der Waals surface area contributed by atoms with Crippen molar-refractivity contribution >= 4 is 34.7 Å². The minimum absolute atomic E-state index is 0.102. The normalized spacial score (nSPS) is 11.1. The average Bonchev–Trinajstić information content (AvgIpc) is 3.17. The fourth-order valence-corrected chi connectivity index (χ4v) is 2.27. The lowest BCUT2D eigenvalue weighted by Crippen LogP contribution is -2.33. The Balaban J connectivity index is 1.57. The van der Waals surface area contributed by atoms with Crippen LogP contribution in [0.25, 0.3) is 17.0 Å². The van der Waals surface area contributed by atoms with Gasteiger partial charge in [-0.2, -0.15) is 0 Å². The molecule has 0 saturated heterocycles. The van der Waals surface area contributed by atoms with E-state index in [0.29, 0.717) is 17.3 Å². The van der Waals surface area contributed by atoms with Crippen LogP contribution in [-0.2, 0) is 9.59 Å². The van der Waals surface area contributed by atoms with Crippen molar-refractivity contribution in [2.45, 2.75) is 6.92 Å². The van der Waals surface area contributed by atoms with E-state index >= 15 is 0 Å². The first-order valence-electron chi connectivity index (χ1n) is 7.66. The molecular weight excluding hydrogens is 322 g/mol. The zero-order valence-electron chi connectivity index (χ0n) is 13.9. The Morgan fingerprint density at radius 3 is 2.80 bits per heavy atom. The lowest BCUT2D eigenvalue weighted by molar-refractivity contribution is -0.129. The molecule has 0 radical (unpaired) electrons. The smallest absolute Gasteiger partial charge is 0.246 e. The van der Waals surface area contributed by atoms with Crippen LogP contribution in [0.3, 0.4) is 0 Å². The highest BCUT2D eigenvalue weighted by Crippen LogP contribution is 2.19. The quantitative estimate of drug-likeness (QED) is 0.722. The molecule has 2 amide bonds. The number of carbonyl (C=O) groups is 2. The van der Waals surface area contributed by atoms with Gasteiger partial charge in [-0.1, -0.05) is 23.4 Å². The van der Waals surface area contributed by atoms with E-state index in [4.69, 9.17) is 8.94 Å². The molecule has 0 aliphatic heterocycles. The van der Waals surface area contributed by atoms with Gasteiger partial charge in [0.05, 0.1) is 6.54 Å². The topological polar surface area (TPSA) is 88.6 Å². The summed E-state index contributed by atoms with van der Waals surface area (Å²) in [6.07, 6.45) is 2.95. The van der Waals surface area contributed by atoms with Crippen molar-refractivity contribution < 1.29 is 18.5 Å². The van der Waals surface area contributed by atoms with E-state index in [-0.39, 0.29) is 18.4 Å². The number of nitrogens with one attached hydrogen (secondary N) is 1. The van der Waals surface area contributed by atoms with Gasteiger partial charge in [-0.3, -0.25) is 9.59 Å². The van der Waals surface area contributed by atoms with Gasteiger partial charge in [0.25, 0.3) is 0 Å². The van der Waals surface area contributed by atoms with Crippen LogP contribution in [0.4, 0.5) is 5.82 Å². The fraction of sp³-hybridized carbons (Fsp3) is 0.167. The zero-order chi connectivity index (χ0) is 17.8. The van der Waals surface area contributed by atoms with Crippen LogP contribution < -0.4 is 5.32 Å². The van der Waals surface area contributed by atoms with E-state index in [1.54, 1.807) is 26.1 Å². The number of fused-ring (bicyclic) bond motifs is 1. The number of nitrogens with zero attached hydrogens (tertiary/aromatic N) is 2. The van der Waals surface area contributed by atoms with Crippen molar-refractivity contribution in [2.24, 2.45) is 0 Å². The van der Waals surface area contributed by atoms with Gasteiger partial charge in [0.2, 0.25) is 11.8 Å². The maximum atomic E-state index is 12.1. The number of carbonyl (C=O) groups excluding carboxylic acids is 2. The van der Waals surface area contributed by atoms with E-state index in [9.17, 15) is 9.59 Å². The van der Waals surface area contributed by atoms with Gasteiger partial charge in [-0.05, 0) is 25.1 Å². The van der Waals surface area contributed by atoms with Crippen molar-refractivity contribution in [1.29, 1.82) is 0 Å². The minimum atomic E-state index is -0.360. The standard InChI is InChI=1S/C18H17N3O4/c1-12-9-16(20-25-12)19-17(22)11-21(2)18(23)8-7-14-10-13-5-3-4-6-15(13)24-14/h3-10H,11H2,1-2H3,(H,19,20,22)/b8-7+. The number of aryl methyl sites for hydroxylation is 1. The number of rotatable bonds is 5. The van der Waals surface area contributed by atoms with Gasteiger partial charge in [0, 0.05) is 24.6 Å². The van der Waals surface area contributed by atoms with Gasteiger partial charge < -0.3 is 19.2 Å². The maximum absolute atomic E-state index is 12.1. The molecule has 7 nitrogen and oxygen atoms in total. The molecule has 25 heavy (non-hydrogen) atoms. The Labute approximate surface area is 143 Å². The Hall–Kier alpha value is -3.35. The third-order valence-electron chi connectivity index (χ3n) is 3.49. The maximum Gasteiger partial charge on any atom is 0.246 e. The molecule has 2 aromatic heterocycles. The molecule has 2 heterocycles. The lowest BCUT2D eigenvalue weighted by Gasteiger charge is -2.13. The molecule has 0 bridgehead atoms. The number of aromatic nitrogens is 1. The highest BCUT2D eigenvalue weighted by atomic mass is 16.5. The van der Waals surface area contributed by atoms with E-state index < -0.39 is 0 Å². The molecule has 3 aromatic rings.